The van der Waals surface area contributed by atoms with Crippen LogP contribution in [-0.4, -0.2) is 39.1 Å². The van der Waals surface area contributed by atoms with Crippen LogP contribution in [0.25, 0.3) is 0 Å². The van der Waals surface area contributed by atoms with E-state index in [1.165, 1.54) is 12.1 Å². The lowest BCUT2D eigenvalue weighted by Gasteiger charge is -2.12. The maximum absolute atomic E-state index is 11.4. The van der Waals surface area contributed by atoms with E-state index in [0.717, 1.165) is 16.7 Å². The number of rotatable bonds is 9. The minimum absolute atomic E-state index is 0.0461. The Kier molecular flexibility index (Phi) is 8.98. The standard InChI is InChI=1S/C22H30O5/c1-14(2)5-10-20(24)16(4)7-9-18-12-19(22(26)27)11-17(21(18)25)8-6-15(3)13-23/h5-7,11-12,20,23-25H,8-10,13H2,1-4H3,(H,26,27)/b15-6+,16-7+. The third-order valence-corrected chi connectivity index (χ3v) is 4.35. The molecule has 0 aliphatic rings. The zero-order valence-electron chi connectivity index (χ0n) is 16.5. The number of aliphatic hydroxyl groups excluding tert-OH is 2. The number of phenolic OH excluding ortho intramolecular Hbond substituents is 1. The third kappa shape index (κ3) is 7.41. The van der Waals surface area contributed by atoms with Crippen LogP contribution in [0.5, 0.6) is 5.75 Å². The van der Waals surface area contributed by atoms with E-state index in [2.05, 4.69) is 0 Å². The first-order valence-electron chi connectivity index (χ1n) is 8.98. The van der Waals surface area contributed by atoms with Gasteiger partial charge in [-0.05, 0) is 75.8 Å². The first kappa shape index (κ1) is 22.7. The Balaban J connectivity index is 3.11. The molecule has 27 heavy (non-hydrogen) atoms. The minimum Gasteiger partial charge on any atom is -0.507 e. The second-order valence-corrected chi connectivity index (χ2v) is 7.05. The monoisotopic (exact) mass is 374 g/mol. The molecule has 0 radical (unpaired) electrons. The molecule has 0 fully saturated rings. The molecular formula is C22H30O5. The van der Waals surface area contributed by atoms with Crippen LogP contribution in [0.15, 0.2) is 47.1 Å². The molecular weight excluding hydrogens is 344 g/mol. The lowest BCUT2D eigenvalue weighted by atomic mass is 9.97. The molecule has 4 N–H and O–H groups in total. The fourth-order valence-electron chi connectivity index (χ4n) is 2.48. The van der Waals surface area contributed by atoms with Crippen molar-refractivity contribution in [1.29, 1.82) is 0 Å². The van der Waals surface area contributed by atoms with E-state index in [4.69, 9.17) is 5.11 Å². The molecule has 148 valence electrons. The van der Waals surface area contributed by atoms with Gasteiger partial charge in [-0.3, -0.25) is 0 Å². The van der Waals surface area contributed by atoms with E-state index < -0.39 is 12.1 Å². The SMILES string of the molecule is CC(C)=CCC(O)/C(C)=C/Cc1cc(C(=O)O)cc(C/C=C(\C)CO)c1O. The number of aromatic hydroxyl groups is 1. The summed E-state index contributed by atoms with van der Waals surface area (Å²) in [5.41, 5.74) is 3.73. The fourth-order valence-corrected chi connectivity index (χ4v) is 2.48. The number of carboxylic acids is 1. The average molecular weight is 374 g/mol. The predicted octanol–water partition coefficient (Wildman–Crippen LogP) is 3.78. The molecule has 0 amide bonds. The maximum atomic E-state index is 11.4. The first-order valence-corrected chi connectivity index (χ1v) is 8.98. The average Bonchev–Trinajstić information content (AvgIpc) is 2.63. The van der Waals surface area contributed by atoms with Gasteiger partial charge in [0.1, 0.15) is 5.75 Å². The van der Waals surface area contributed by atoms with Crippen LogP contribution in [0.1, 0.15) is 55.6 Å². The number of aliphatic hydroxyl groups is 2. The van der Waals surface area contributed by atoms with E-state index in [-0.39, 0.29) is 17.9 Å². The molecule has 0 saturated carbocycles. The van der Waals surface area contributed by atoms with Crippen LogP contribution < -0.4 is 0 Å². The summed E-state index contributed by atoms with van der Waals surface area (Å²) in [5, 5.41) is 39.1. The number of allylic oxidation sites excluding steroid dienone is 3. The molecule has 1 aromatic rings. The lowest BCUT2D eigenvalue weighted by Crippen LogP contribution is -2.07. The van der Waals surface area contributed by atoms with Gasteiger partial charge in [0, 0.05) is 0 Å². The molecule has 0 aliphatic carbocycles. The van der Waals surface area contributed by atoms with Crippen molar-refractivity contribution in [3.8, 4) is 5.75 Å². The summed E-state index contributed by atoms with van der Waals surface area (Å²) < 4.78 is 0. The van der Waals surface area contributed by atoms with Crippen molar-refractivity contribution in [1.82, 2.24) is 0 Å². The highest BCUT2D eigenvalue weighted by molar-refractivity contribution is 5.88. The van der Waals surface area contributed by atoms with Crippen molar-refractivity contribution < 1.29 is 25.2 Å². The highest BCUT2D eigenvalue weighted by Gasteiger charge is 2.13. The molecule has 1 rings (SSSR count). The second-order valence-electron chi connectivity index (χ2n) is 7.05. The number of benzene rings is 1. The first-order chi connectivity index (χ1) is 12.6. The quantitative estimate of drug-likeness (QED) is 0.493. The molecule has 5 heteroatoms. The number of phenols is 1. The van der Waals surface area contributed by atoms with Crippen molar-refractivity contribution in [2.24, 2.45) is 0 Å². The van der Waals surface area contributed by atoms with Crippen LogP contribution in [0.4, 0.5) is 0 Å². The molecule has 1 aromatic carbocycles. The Morgan fingerprint density at radius 3 is 2.07 bits per heavy atom. The van der Waals surface area contributed by atoms with Crippen LogP contribution in [0.3, 0.4) is 0 Å². The van der Waals surface area contributed by atoms with Crippen molar-refractivity contribution >= 4 is 5.97 Å². The van der Waals surface area contributed by atoms with Gasteiger partial charge in [0.25, 0.3) is 0 Å². The highest BCUT2D eigenvalue weighted by Crippen LogP contribution is 2.27. The van der Waals surface area contributed by atoms with Gasteiger partial charge in [0.2, 0.25) is 0 Å². The van der Waals surface area contributed by atoms with Gasteiger partial charge in [-0.2, -0.15) is 0 Å². The minimum atomic E-state index is -1.07. The Labute approximate surface area is 161 Å². The molecule has 0 aromatic heterocycles. The summed E-state index contributed by atoms with van der Waals surface area (Å²) in [6.45, 7) is 7.43. The lowest BCUT2D eigenvalue weighted by molar-refractivity contribution is 0.0696. The summed E-state index contributed by atoms with van der Waals surface area (Å²) in [6, 6.07) is 2.90. The van der Waals surface area contributed by atoms with Gasteiger partial charge in [-0.15, -0.1) is 0 Å². The largest absolute Gasteiger partial charge is 0.507 e. The summed E-state index contributed by atoms with van der Waals surface area (Å²) in [4.78, 5) is 11.4. The van der Waals surface area contributed by atoms with Crippen molar-refractivity contribution in [2.75, 3.05) is 6.61 Å². The molecule has 5 nitrogen and oxygen atoms in total. The zero-order chi connectivity index (χ0) is 20.6. The Morgan fingerprint density at radius 2 is 1.59 bits per heavy atom. The van der Waals surface area contributed by atoms with Crippen LogP contribution >= 0.6 is 0 Å². The summed E-state index contributed by atoms with van der Waals surface area (Å²) >= 11 is 0. The summed E-state index contributed by atoms with van der Waals surface area (Å²) in [5.74, 6) is -1.02. The van der Waals surface area contributed by atoms with E-state index in [0.29, 0.717) is 30.4 Å². The van der Waals surface area contributed by atoms with E-state index in [1.807, 2.05) is 32.9 Å². The third-order valence-electron chi connectivity index (χ3n) is 4.35. The highest BCUT2D eigenvalue weighted by atomic mass is 16.4. The predicted molar refractivity (Wildman–Crippen MR) is 107 cm³/mol. The fraction of sp³-hybridized carbons (Fsp3) is 0.409. The van der Waals surface area contributed by atoms with Crippen molar-refractivity contribution in [3.63, 3.8) is 0 Å². The van der Waals surface area contributed by atoms with Crippen molar-refractivity contribution in [3.05, 3.63) is 63.8 Å². The molecule has 0 spiro atoms. The molecule has 0 bridgehead atoms. The molecule has 0 aliphatic heterocycles. The van der Waals surface area contributed by atoms with E-state index in [1.54, 1.807) is 13.0 Å². The second kappa shape index (κ2) is 10.7. The number of aromatic carboxylic acids is 1. The van der Waals surface area contributed by atoms with Gasteiger partial charge < -0.3 is 20.4 Å². The molecule has 1 atom stereocenters. The van der Waals surface area contributed by atoms with Gasteiger partial charge in [0.05, 0.1) is 18.3 Å². The summed E-state index contributed by atoms with van der Waals surface area (Å²) in [6.07, 6.45) is 6.08. The molecule has 0 saturated heterocycles. The van der Waals surface area contributed by atoms with Crippen LogP contribution in [0, 0.1) is 0 Å². The Hall–Kier alpha value is -2.37. The van der Waals surface area contributed by atoms with Gasteiger partial charge >= 0.3 is 5.97 Å². The molecule has 0 heterocycles. The smallest absolute Gasteiger partial charge is 0.335 e. The summed E-state index contributed by atoms with van der Waals surface area (Å²) in [7, 11) is 0. The topological polar surface area (TPSA) is 98.0 Å². The van der Waals surface area contributed by atoms with E-state index in [9.17, 15) is 20.1 Å². The number of hydrogen-bond acceptors (Lipinski definition) is 4. The number of carboxylic acid groups (broad SMARTS) is 1. The molecule has 1 unspecified atom stereocenters. The van der Waals surface area contributed by atoms with E-state index >= 15 is 0 Å². The van der Waals surface area contributed by atoms with Crippen LogP contribution in [-0.2, 0) is 12.8 Å². The maximum Gasteiger partial charge on any atom is 0.335 e. The number of carbonyl (C=O) groups is 1. The van der Waals surface area contributed by atoms with Crippen molar-refractivity contribution in [2.45, 2.75) is 53.1 Å². The van der Waals surface area contributed by atoms with Gasteiger partial charge in [-0.25, -0.2) is 4.79 Å². The number of hydrogen-bond donors (Lipinski definition) is 4. The Morgan fingerprint density at radius 1 is 1.04 bits per heavy atom. The van der Waals surface area contributed by atoms with Crippen LogP contribution in [0.2, 0.25) is 0 Å². The van der Waals surface area contributed by atoms with Gasteiger partial charge in [-0.1, -0.05) is 29.4 Å². The Bertz CT molecular complexity index is 752. The normalized spacial score (nSPS) is 13.4. The van der Waals surface area contributed by atoms with Gasteiger partial charge in [0.15, 0.2) is 0 Å². The zero-order valence-corrected chi connectivity index (χ0v) is 16.5.